The number of anilines is 2. The van der Waals surface area contributed by atoms with Gasteiger partial charge in [-0.2, -0.15) is 0 Å². The van der Waals surface area contributed by atoms with Gasteiger partial charge in [-0.3, -0.25) is 14.4 Å². The molecule has 0 saturated heterocycles. The molecule has 3 N–H and O–H groups in total. The van der Waals surface area contributed by atoms with E-state index in [1.807, 2.05) is 32.0 Å². The highest BCUT2D eigenvalue weighted by Gasteiger charge is 2.20. The van der Waals surface area contributed by atoms with E-state index in [1.165, 1.54) is 11.8 Å². The van der Waals surface area contributed by atoms with Crippen molar-refractivity contribution in [2.24, 2.45) is 0 Å². The van der Waals surface area contributed by atoms with Crippen molar-refractivity contribution in [3.05, 3.63) is 126 Å². The number of rotatable bonds is 14. The molecule has 10 heteroatoms. The molecule has 0 aliphatic carbocycles. The second kappa shape index (κ2) is 17.4. The number of benzene rings is 4. The molecular weight excluding hydrogens is 614 g/mol. The maximum Gasteiger partial charge on any atom is 0.338 e. The van der Waals surface area contributed by atoms with Crippen LogP contribution < -0.4 is 20.7 Å². The molecule has 0 spiro atoms. The van der Waals surface area contributed by atoms with E-state index < -0.39 is 23.0 Å². The van der Waals surface area contributed by atoms with Crippen LogP contribution in [0, 0.1) is 0 Å². The van der Waals surface area contributed by atoms with Gasteiger partial charge in [0.05, 0.1) is 24.0 Å². The number of para-hydroxylation sites is 1. The number of hydrogen-bond donors (Lipinski definition) is 3. The van der Waals surface area contributed by atoms with Gasteiger partial charge in [0.25, 0.3) is 11.8 Å². The van der Waals surface area contributed by atoms with Gasteiger partial charge in [-0.25, -0.2) is 4.79 Å². The minimum absolute atomic E-state index is 0.0313. The van der Waals surface area contributed by atoms with Crippen molar-refractivity contribution in [3.8, 4) is 5.75 Å². The lowest BCUT2D eigenvalue weighted by Crippen LogP contribution is -2.30. The summed E-state index contributed by atoms with van der Waals surface area (Å²) in [5.41, 5.74) is 2.52. The Morgan fingerprint density at radius 1 is 0.745 bits per heavy atom. The molecule has 0 radical (unpaired) electrons. The molecule has 0 aliphatic heterocycles. The van der Waals surface area contributed by atoms with Gasteiger partial charge in [-0.1, -0.05) is 49.4 Å². The predicted molar refractivity (Wildman–Crippen MR) is 186 cm³/mol. The third-order valence-corrected chi connectivity index (χ3v) is 8.10. The van der Waals surface area contributed by atoms with E-state index in [4.69, 9.17) is 9.47 Å². The lowest BCUT2D eigenvalue weighted by Gasteiger charge is -2.16. The third-order valence-electron chi connectivity index (χ3n) is 6.74. The Labute approximate surface area is 278 Å². The summed E-state index contributed by atoms with van der Waals surface area (Å²) in [6.07, 6.45) is 2.13. The molecule has 0 aliphatic rings. The van der Waals surface area contributed by atoms with Gasteiger partial charge < -0.3 is 25.4 Å². The number of thioether (sulfide) groups is 1. The second-order valence-electron chi connectivity index (χ2n) is 10.1. The van der Waals surface area contributed by atoms with Gasteiger partial charge in [-0.15, -0.1) is 11.8 Å². The van der Waals surface area contributed by atoms with Crippen molar-refractivity contribution in [1.82, 2.24) is 5.32 Å². The quantitative estimate of drug-likeness (QED) is 0.0750. The number of amides is 3. The fraction of sp³-hybridized carbons (Fsp3) is 0.189. The highest BCUT2D eigenvalue weighted by Crippen LogP contribution is 2.29. The number of ether oxygens (including phenoxy) is 2. The summed E-state index contributed by atoms with van der Waals surface area (Å²) in [5.74, 6) is -1.00. The number of esters is 1. The Hall–Kier alpha value is -5.35. The molecule has 4 aromatic carbocycles. The molecule has 0 fully saturated rings. The van der Waals surface area contributed by atoms with Crippen LogP contribution in [-0.4, -0.2) is 42.2 Å². The summed E-state index contributed by atoms with van der Waals surface area (Å²) in [7, 11) is 0. The van der Waals surface area contributed by atoms with Gasteiger partial charge in [0.1, 0.15) is 11.4 Å². The fourth-order valence-electron chi connectivity index (χ4n) is 4.44. The van der Waals surface area contributed by atoms with Crippen LogP contribution in [0.5, 0.6) is 5.75 Å². The maximum absolute atomic E-state index is 13.6. The smallest absolute Gasteiger partial charge is 0.338 e. The van der Waals surface area contributed by atoms with Crippen LogP contribution in [-0.2, 0) is 14.3 Å². The zero-order chi connectivity index (χ0) is 33.6. The lowest BCUT2D eigenvalue weighted by atomic mass is 10.1. The molecule has 9 nitrogen and oxygen atoms in total. The Morgan fingerprint density at radius 3 is 2.17 bits per heavy atom. The average molecular weight is 652 g/mol. The van der Waals surface area contributed by atoms with Crippen molar-refractivity contribution in [1.29, 1.82) is 0 Å². The molecule has 47 heavy (non-hydrogen) atoms. The SMILES string of the molecule is CCOC(=O)c1ccc(NC(=O)C(CC)Sc2cccc(NC(=O)/C(=C\c3ccccc3OCC)NC(=O)c3ccccc3)c2)cc1. The van der Waals surface area contributed by atoms with Gasteiger partial charge in [0.2, 0.25) is 5.91 Å². The van der Waals surface area contributed by atoms with Crippen molar-refractivity contribution in [2.75, 3.05) is 23.8 Å². The summed E-state index contributed by atoms with van der Waals surface area (Å²) in [6.45, 7) is 6.24. The van der Waals surface area contributed by atoms with E-state index in [9.17, 15) is 19.2 Å². The molecule has 4 rings (SSSR count). The standard InChI is InChI=1S/C37H37N3O6S/c1-4-33(36(43)38-28-21-19-26(20-22-28)37(44)46-6-3)47-30-17-12-16-29(24-30)39-35(42)31(40-34(41)25-13-8-7-9-14-25)23-27-15-10-11-18-32(27)45-5-2/h7-24,33H,4-6H2,1-3H3,(H,38,43)(H,39,42)(H,40,41)/b31-23+. The molecule has 0 saturated carbocycles. The van der Waals surface area contributed by atoms with Crippen LogP contribution in [0.4, 0.5) is 11.4 Å². The van der Waals surface area contributed by atoms with E-state index in [0.29, 0.717) is 46.8 Å². The van der Waals surface area contributed by atoms with E-state index in [2.05, 4.69) is 16.0 Å². The Bertz CT molecular complexity index is 1720. The largest absolute Gasteiger partial charge is 0.493 e. The monoisotopic (exact) mass is 651 g/mol. The molecule has 0 heterocycles. The fourth-order valence-corrected chi connectivity index (χ4v) is 5.46. The summed E-state index contributed by atoms with van der Waals surface area (Å²) in [6, 6.07) is 29.6. The normalized spacial score (nSPS) is 11.6. The maximum atomic E-state index is 13.6. The van der Waals surface area contributed by atoms with E-state index in [0.717, 1.165) is 4.90 Å². The summed E-state index contributed by atoms with van der Waals surface area (Å²) < 4.78 is 10.7. The minimum Gasteiger partial charge on any atom is -0.493 e. The van der Waals surface area contributed by atoms with E-state index in [-0.39, 0.29) is 18.2 Å². The van der Waals surface area contributed by atoms with E-state index in [1.54, 1.807) is 97.9 Å². The van der Waals surface area contributed by atoms with E-state index >= 15 is 0 Å². The van der Waals surface area contributed by atoms with Crippen molar-refractivity contribution < 1.29 is 28.7 Å². The minimum atomic E-state index is -0.529. The Balaban J connectivity index is 1.49. The lowest BCUT2D eigenvalue weighted by molar-refractivity contribution is -0.116. The van der Waals surface area contributed by atoms with Gasteiger partial charge >= 0.3 is 5.97 Å². The summed E-state index contributed by atoms with van der Waals surface area (Å²) >= 11 is 1.36. The molecule has 4 aromatic rings. The third kappa shape index (κ3) is 10.1. The number of carbonyl (C=O) groups is 4. The van der Waals surface area contributed by atoms with Gasteiger partial charge in [-0.05, 0) is 87.0 Å². The number of hydrogen-bond acceptors (Lipinski definition) is 7. The van der Waals surface area contributed by atoms with Gasteiger partial charge in [0.15, 0.2) is 0 Å². The van der Waals surface area contributed by atoms with Crippen LogP contribution >= 0.6 is 11.8 Å². The molecule has 1 unspecified atom stereocenters. The first kappa shape index (κ1) is 34.5. The Kier molecular flexibility index (Phi) is 12.8. The number of nitrogens with one attached hydrogen (secondary N) is 3. The summed E-state index contributed by atoms with van der Waals surface area (Å²) in [5, 5.41) is 8.10. The zero-order valence-corrected chi connectivity index (χ0v) is 27.3. The van der Waals surface area contributed by atoms with Crippen LogP contribution in [0.1, 0.15) is 53.5 Å². The molecule has 242 valence electrons. The van der Waals surface area contributed by atoms with Crippen LogP contribution in [0.25, 0.3) is 6.08 Å². The topological polar surface area (TPSA) is 123 Å². The zero-order valence-electron chi connectivity index (χ0n) is 26.4. The average Bonchev–Trinajstić information content (AvgIpc) is 3.08. The summed E-state index contributed by atoms with van der Waals surface area (Å²) in [4.78, 5) is 52.5. The van der Waals surface area contributed by atoms with Crippen LogP contribution in [0.2, 0.25) is 0 Å². The first-order chi connectivity index (χ1) is 22.8. The Morgan fingerprint density at radius 2 is 1.47 bits per heavy atom. The first-order valence-electron chi connectivity index (χ1n) is 15.3. The number of carbonyl (C=O) groups excluding carboxylic acids is 4. The van der Waals surface area contributed by atoms with Crippen molar-refractivity contribution in [2.45, 2.75) is 37.3 Å². The van der Waals surface area contributed by atoms with Gasteiger partial charge in [0, 0.05) is 27.4 Å². The molecule has 1 atom stereocenters. The van der Waals surface area contributed by atoms with Crippen molar-refractivity contribution >= 4 is 52.9 Å². The highest BCUT2D eigenvalue weighted by molar-refractivity contribution is 8.00. The predicted octanol–water partition coefficient (Wildman–Crippen LogP) is 7.18. The molecule has 0 bridgehead atoms. The second-order valence-corrected chi connectivity index (χ2v) is 11.4. The highest BCUT2D eigenvalue weighted by atomic mass is 32.2. The molecular formula is C37H37N3O6S. The van der Waals surface area contributed by atoms with Crippen molar-refractivity contribution in [3.63, 3.8) is 0 Å². The van der Waals surface area contributed by atoms with Crippen LogP contribution in [0.15, 0.2) is 114 Å². The molecule has 0 aromatic heterocycles. The molecule has 3 amide bonds. The first-order valence-corrected chi connectivity index (χ1v) is 16.1. The van der Waals surface area contributed by atoms with Crippen LogP contribution in [0.3, 0.4) is 0 Å².